The van der Waals surface area contributed by atoms with E-state index in [1.165, 1.54) is 24.3 Å². The second-order valence-electron chi connectivity index (χ2n) is 8.12. The molecule has 3 aromatic carbocycles. The molecule has 0 radical (unpaired) electrons. The number of anilines is 1. The lowest BCUT2D eigenvalue weighted by Crippen LogP contribution is -2.42. The summed E-state index contributed by atoms with van der Waals surface area (Å²) in [6.07, 6.45) is 0.622. The molecular formula is C27H31ClN2O5S. The van der Waals surface area contributed by atoms with Crippen LogP contribution < -0.4 is 19.1 Å². The standard InChI is InChI=1S/C27H31ClN2O5S/c1-5-23(20-11-16-25(34-4)19(3)17-20)29-27(31)18-30(24-9-7-8-10-26(24)35-6-2)36(32,33)22-14-12-21(28)13-15-22/h7-17,23H,5-6,18H2,1-4H3,(H,29,31)/t23-/m0/s1. The van der Waals surface area contributed by atoms with Crippen LogP contribution in [0.15, 0.2) is 71.6 Å². The van der Waals surface area contributed by atoms with Crippen molar-refractivity contribution in [1.82, 2.24) is 5.32 Å². The van der Waals surface area contributed by atoms with Gasteiger partial charge in [-0.1, -0.05) is 42.8 Å². The summed E-state index contributed by atoms with van der Waals surface area (Å²) in [5.74, 6) is 0.676. The Hall–Kier alpha value is -3.23. The molecule has 0 bridgehead atoms. The highest BCUT2D eigenvalue weighted by atomic mass is 35.5. The van der Waals surface area contributed by atoms with Gasteiger partial charge in [0.15, 0.2) is 0 Å². The molecule has 0 aromatic heterocycles. The summed E-state index contributed by atoms with van der Waals surface area (Å²) < 4.78 is 39.5. The largest absolute Gasteiger partial charge is 0.496 e. The smallest absolute Gasteiger partial charge is 0.264 e. The number of nitrogens with one attached hydrogen (secondary N) is 1. The molecule has 3 aromatic rings. The van der Waals surface area contributed by atoms with Gasteiger partial charge in [0.1, 0.15) is 18.0 Å². The lowest BCUT2D eigenvalue weighted by molar-refractivity contribution is -0.120. The van der Waals surface area contributed by atoms with Crippen molar-refractivity contribution in [2.45, 2.75) is 38.1 Å². The van der Waals surface area contributed by atoms with Crippen LogP contribution >= 0.6 is 11.6 Å². The average molecular weight is 531 g/mol. The molecule has 1 amide bonds. The van der Waals surface area contributed by atoms with Crippen LogP contribution in [0.5, 0.6) is 11.5 Å². The number of para-hydroxylation sites is 2. The van der Waals surface area contributed by atoms with Crippen molar-refractivity contribution in [2.24, 2.45) is 0 Å². The van der Waals surface area contributed by atoms with Crippen LogP contribution in [0.2, 0.25) is 5.02 Å². The van der Waals surface area contributed by atoms with E-state index in [4.69, 9.17) is 21.1 Å². The zero-order valence-corrected chi connectivity index (χ0v) is 22.4. The van der Waals surface area contributed by atoms with Crippen molar-refractivity contribution < 1.29 is 22.7 Å². The molecule has 0 spiro atoms. The number of sulfonamides is 1. The van der Waals surface area contributed by atoms with Crippen molar-refractivity contribution in [3.05, 3.63) is 82.9 Å². The second-order valence-corrected chi connectivity index (χ2v) is 10.4. The Morgan fingerprint density at radius 1 is 1.03 bits per heavy atom. The number of carbonyl (C=O) groups excluding carboxylic acids is 1. The molecular weight excluding hydrogens is 500 g/mol. The first kappa shape index (κ1) is 27.4. The van der Waals surface area contributed by atoms with E-state index in [2.05, 4.69) is 5.32 Å². The normalized spacial score (nSPS) is 12.0. The summed E-state index contributed by atoms with van der Waals surface area (Å²) in [5, 5.41) is 3.39. The number of carbonyl (C=O) groups is 1. The fourth-order valence-corrected chi connectivity index (χ4v) is 5.44. The third-order valence-electron chi connectivity index (χ3n) is 5.69. The van der Waals surface area contributed by atoms with Crippen LogP contribution in [0.25, 0.3) is 0 Å². The summed E-state index contributed by atoms with van der Waals surface area (Å²) in [6, 6.07) is 18.0. The summed E-state index contributed by atoms with van der Waals surface area (Å²) in [5.41, 5.74) is 2.13. The fraction of sp³-hybridized carbons (Fsp3) is 0.296. The third kappa shape index (κ3) is 6.30. The van der Waals surface area contributed by atoms with Crippen LogP contribution in [0.4, 0.5) is 5.69 Å². The zero-order chi connectivity index (χ0) is 26.3. The van der Waals surface area contributed by atoms with Gasteiger partial charge in [0, 0.05) is 5.02 Å². The van der Waals surface area contributed by atoms with Crippen molar-refractivity contribution in [3.8, 4) is 11.5 Å². The van der Waals surface area contributed by atoms with E-state index in [0.29, 0.717) is 23.8 Å². The van der Waals surface area contributed by atoms with Crippen LogP contribution in [0, 0.1) is 6.92 Å². The van der Waals surface area contributed by atoms with Crippen molar-refractivity contribution in [3.63, 3.8) is 0 Å². The number of methoxy groups -OCH3 is 1. The maximum Gasteiger partial charge on any atom is 0.264 e. The quantitative estimate of drug-likeness (QED) is 0.353. The highest BCUT2D eigenvalue weighted by molar-refractivity contribution is 7.92. The highest BCUT2D eigenvalue weighted by Crippen LogP contribution is 2.33. The molecule has 0 fully saturated rings. The molecule has 0 saturated carbocycles. The SMILES string of the molecule is CCOc1ccccc1N(CC(=O)N[C@@H](CC)c1ccc(OC)c(C)c1)S(=O)(=O)c1ccc(Cl)cc1. The predicted molar refractivity (Wildman–Crippen MR) is 143 cm³/mol. The maximum atomic E-state index is 13.7. The molecule has 192 valence electrons. The number of halogens is 1. The molecule has 9 heteroatoms. The van der Waals surface area contributed by atoms with Crippen LogP contribution in [-0.2, 0) is 14.8 Å². The van der Waals surface area contributed by atoms with Crippen molar-refractivity contribution in [1.29, 1.82) is 0 Å². The Morgan fingerprint density at radius 2 is 1.72 bits per heavy atom. The Bertz CT molecular complexity index is 1300. The molecule has 0 aliphatic carbocycles. The van der Waals surface area contributed by atoms with Gasteiger partial charge in [0.05, 0.1) is 30.3 Å². The Balaban J connectivity index is 1.96. The van der Waals surface area contributed by atoms with Gasteiger partial charge >= 0.3 is 0 Å². The summed E-state index contributed by atoms with van der Waals surface area (Å²) in [6.45, 7) is 5.61. The minimum atomic E-state index is -4.11. The van der Waals surface area contributed by atoms with E-state index < -0.39 is 22.5 Å². The number of hydrogen-bond donors (Lipinski definition) is 1. The number of nitrogens with zero attached hydrogens (tertiary/aromatic N) is 1. The molecule has 0 unspecified atom stereocenters. The number of rotatable bonds is 11. The number of benzene rings is 3. The summed E-state index contributed by atoms with van der Waals surface area (Å²) >= 11 is 5.97. The molecule has 0 heterocycles. The van der Waals surface area contributed by atoms with E-state index in [-0.39, 0.29) is 16.6 Å². The lowest BCUT2D eigenvalue weighted by Gasteiger charge is -2.27. The van der Waals surface area contributed by atoms with Gasteiger partial charge in [0.2, 0.25) is 5.91 Å². The molecule has 1 N–H and O–H groups in total. The highest BCUT2D eigenvalue weighted by Gasteiger charge is 2.30. The first-order valence-corrected chi connectivity index (χ1v) is 13.5. The molecule has 0 aliphatic heterocycles. The van der Waals surface area contributed by atoms with E-state index in [0.717, 1.165) is 21.2 Å². The van der Waals surface area contributed by atoms with Gasteiger partial charge < -0.3 is 14.8 Å². The van der Waals surface area contributed by atoms with Gasteiger partial charge in [0.25, 0.3) is 10.0 Å². The molecule has 0 aliphatic rings. The Kier molecular flexibility index (Phi) is 9.23. The van der Waals surface area contributed by atoms with Crippen LogP contribution in [-0.4, -0.2) is 34.6 Å². The van der Waals surface area contributed by atoms with E-state index in [1.807, 2.05) is 39.0 Å². The van der Waals surface area contributed by atoms with Gasteiger partial charge in [-0.25, -0.2) is 8.42 Å². The topological polar surface area (TPSA) is 84.9 Å². The summed E-state index contributed by atoms with van der Waals surface area (Å²) in [7, 11) is -2.50. The van der Waals surface area contributed by atoms with Gasteiger partial charge in [-0.3, -0.25) is 9.10 Å². The Labute approximate surface area is 218 Å². The average Bonchev–Trinajstić information content (AvgIpc) is 2.86. The molecule has 7 nitrogen and oxygen atoms in total. The fourth-order valence-electron chi connectivity index (χ4n) is 3.88. The lowest BCUT2D eigenvalue weighted by atomic mass is 10.0. The monoisotopic (exact) mass is 530 g/mol. The second kappa shape index (κ2) is 12.1. The number of ether oxygens (including phenoxy) is 2. The summed E-state index contributed by atoms with van der Waals surface area (Å²) in [4.78, 5) is 13.3. The van der Waals surface area contributed by atoms with Gasteiger partial charge in [-0.05, 0) is 73.9 Å². The zero-order valence-electron chi connectivity index (χ0n) is 20.8. The Morgan fingerprint density at radius 3 is 2.33 bits per heavy atom. The first-order chi connectivity index (χ1) is 17.2. The van der Waals surface area contributed by atoms with Gasteiger partial charge in [-0.15, -0.1) is 0 Å². The van der Waals surface area contributed by atoms with Crippen molar-refractivity contribution >= 4 is 33.2 Å². The first-order valence-electron chi connectivity index (χ1n) is 11.6. The molecule has 0 saturated heterocycles. The van der Waals surface area contributed by atoms with Crippen molar-refractivity contribution in [2.75, 3.05) is 24.6 Å². The minimum absolute atomic E-state index is 0.0174. The number of aryl methyl sites for hydroxylation is 1. The van der Waals surface area contributed by atoms with E-state index in [9.17, 15) is 13.2 Å². The number of hydrogen-bond acceptors (Lipinski definition) is 5. The van der Waals surface area contributed by atoms with E-state index in [1.54, 1.807) is 31.4 Å². The van der Waals surface area contributed by atoms with Gasteiger partial charge in [-0.2, -0.15) is 0 Å². The molecule has 3 rings (SSSR count). The molecule has 1 atom stereocenters. The number of amides is 1. The maximum absolute atomic E-state index is 13.7. The predicted octanol–water partition coefficient (Wildman–Crippen LogP) is 5.52. The minimum Gasteiger partial charge on any atom is -0.496 e. The third-order valence-corrected chi connectivity index (χ3v) is 7.71. The molecule has 36 heavy (non-hydrogen) atoms. The van der Waals surface area contributed by atoms with Crippen LogP contribution in [0.1, 0.15) is 37.4 Å². The van der Waals surface area contributed by atoms with E-state index >= 15 is 0 Å². The van der Waals surface area contributed by atoms with Crippen LogP contribution in [0.3, 0.4) is 0 Å².